The van der Waals surface area contributed by atoms with Crippen LogP contribution in [0.15, 0.2) is 17.0 Å². The van der Waals surface area contributed by atoms with Gasteiger partial charge in [0.1, 0.15) is 11.8 Å². The van der Waals surface area contributed by atoms with Crippen molar-refractivity contribution in [3.8, 4) is 6.07 Å². The summed E-state index contributed by atoms with van der Waals surface area (Å²) in [7, 11) is 1.76. The Balaban J connectivity index is 2.10. The molecule has 0 fully saturated rings. The van der Waals surface area contributed by atoms with Crippen LogP contribution in [0.1, 0.15) is 49.1 Å². The van der Waals surface area contributed by atoms with Gasteiger partial charge in [-0.3, -0.25) is 9.59 Å². The number of ketones is 1. The van der Waals surface area contributed by atoms with Crippen molar-refractivity contribution in [3.63, 3.8) is 0 Å². The lowest BCUT2D eigenvalue weighted by Gasteiger charge is -2.39. The summed E-state index contributed by atoms with van der Waals surface area (Å²) in [6, 6.07) is 2.03. The molecule has 0 aromatic carbocycles. The molecule has 5 nitrogen and oxygen atoms in total. The average Bonchev–Trinajstić information content (AvgIpc) is 2.94. The van der Waals surface area contributed by atoms with Gasteiger partial charge in [0.05, 0.1) is 10.6 Å². The molecule has 0 aliphatic heterocycles. The largest absolute Gasteiger partial charge is 0.340 e. The van der Waals surface area contributed by atoms with Gasteiger partial charge < -0.3 is 4.90 Å². The molecule has 128 valence electrons. The minimum atomic E-state index is -0.552. The first-order valence-electron chi connectivity index (χ1n) is 7.93. The van der Waals surface area contributed by atoms with E-state index in [4.69, 9.17) is 0 Å². The first-order chi connectivity index (χ1) is 11.1. The van der Waals surface area contributed by atoms with E-state index in [-0.39, 0.29) is 22.7 Å². The van der Waals surface area contributed by atoms with Crippen molar-refractivity contribution >= 4 is 23.0 Å². The van der Waals surface area contributed by atoms with Crippen molar-refractivity contribution in [1.29, 1.82) is 5.26 Å². The van der Waals surface area contributed by atoms with Gasteiger partial charge >= 0.3 is 0 Å². The second kappa shape index (κ2) is 6.48. The molecule has 0 saturated carbocycles. The zero-order valence-corrected chi connectivity index (χ0v) is 15.7. The van der Waals surface area contributed by atoms with Crippen LogP contribution in [0.2, 0.25) is 0 Å². The molecule has 0 N–H and O–H groups in total. The third-order valence-corrected chi connectivity index (χ3v) is 5.30. The summed E-state index contributed by atoms with van der Waals surface area (Å²) >= 11 is 1.46. The van der Waals surface area contributed by atoms with Gasteiger partial charge in [-0.25, -0.2) is 4.98 Å². The van der Waals surface area contributed by atoms with Crippen molar-refractivity contribution in [2.75, 3.05) is 13.6 Å². The lowest BCUT2D eigenvalue weighted by molar-refractivity contribution is -0.125. The number of rotatable bonds is 4. The smallest absolute Gasteiger partial charge is 0.273 e. The molecule has 24 heavy (non-hydrogen) atoms. The molecule has 1 aromatic rings. The van der Waals surface area contributed by atoms with Gasteiger partial charge in [-0.15, -0.1) is 11.3 Å². The van der Waals surface area contributed by atoms with Gasteiger partial charge in [-0.05, 0) is 25.2 Å². The Kier molecular flexibility index (Phi) is 4.95. The zero-order valence-electron chi connectivity index (χ0n) is 14.8. The first-order valence-corrected chi connectivity index (χ1v) is 8.81. The number of aromatic nitrogens is 1. The number of carbonyl (C=O) groups excluding carboxylic acids is 2. The summed E-state index contributed by atoms with van der Waals surface area (Å²) in [5, 5.41) is 11.9. The summed E-state index contributed by atoms with van der Waals surface area (Å²) in [5.41, 5.74) is -0.131. The molecular weight excluding hydrogens is 322 g/mol. The lowest BCUT2D eigenvalue weighted by atomic mass is 9.64. The van der Waals surface area contributed by atoms with Crippen LogP contribution < -0.4 is 0 Å². The fourth-order valence-electron chi connectivity index (χ4n) is 3.34. The standard InChI is InChI=1S/C18H23N3O2S/c1-12-20-14(10-24-12)16(23)21(5)7-6-18(4)8-13(9-19)15(22)17(2,3)11-18/h8,10H,6-7,11H2,1-5H3/t18-/m1/s1. The molecule has 0 unspecified atom stereocenters. The van der Waals surface area contributed by atoms with Crippen LogP contribution in [-0.4, -0.2) is 35.2 Å². The molecule has 1 aliphatic carbocycles. The summed E-state index contributed by atoms with van der Waals surface area (Å²) in [6.07, 6.45) is 3.15. The van der Waals surface area contributed by atoms with Crippen LogP contribution in [0.3, 0.4) is 0 Å². The second-order valence-corrected chi connectivity index (χ2v) is 8.50. The second-order valence-electron chi connectivity index (χ2n) is 7.44. The number of amides is 1. The molecular formula is C18H23N3O2S. The first kappa shape index (κ1) is 18.3. The van der Waals surface area contributed by atoms with Gasteiger partial charge in [-0.2, -0.15) is 5.26 Å². The minimum absolute atomic E-state index is 0.0927. The SMILES string of the molecule is Cc1nc(C(=O)N(C)CC[C@]2(C)C=C(C#N)C(=O)C(C)(C)C2)cs1. The maximum atomic E-state index is 12.4. The number of Topliss-reactive ketones (excluding diaryl/α,β-unsaturated/α-hetero) is 1. The summed E-state index contributed by atoms with van der Waals surface area (Å²) in [5.74, 6) is -0.191. The van der Waals surface area contributed by atoms with Crippen molar-refractivity contribution in [2.24, 2.45) is 10.8 Å². The summed E-state index contributed by atoms with van der Waals surface area (Å²) < 4.78 is 0. The van der Waals surface area contributed by atoms with Crippen molar-refractivity contribution in [1.82, 2.24) is 9.88 Å². The Bertz CT molecular complexity index is 742. The maximum Gasteiger partial charge on any atom is 0.273 e. The topological polar surface area (TPSA) is 74.1 Å². The fraction of sp³-hybridized carbons (Fsp3) is 0.556. The Morgan fingerprint density at radius 3 is 2.67 bits per heavy atom. The average molecular weight is 345 g/mol. The number of carbonyl (C=O) groups is 2. The Morgan fingerprint density at radius 1 is 1.46 bits per heavy atom. The molecule has 1 amide bonds. The van der Waals surface area contributed by atoms with E-state index in [2.05, 4.69) is 4.98 Å². The van der Waals surface area contributed by atoms with E-state index in [9.17, 15) is 14.9 Å². The highest BCUT2D eigenvalue weighted by molar-refractivity contribution is 7.09. The summed E-state index contributed by atoms with van der Waals surface area (Å²) in [6.45, 7) is 8.22. The number of hydrogen-bond donors (Lipinski definition) is 0. The number of allylic oxidation sites excluding steroid dienone is 2. The highest BCUT2D eigenvalue weighted by atomic mass is 32.1. The lowest BCUT2D eigenvalue weighted by Crippen LogP contribution is -2.39. The highest BCUT2D eigenvalue weighted by Crippen LogP contribution is 2.44. The van der Waals surface area contributed by atoms with Crippen LogP contribution in [0, 0.1) is 29.1 Å². The van der Waals surface area contributed by atoms with Crippen molar-refractivity contribution < 1.29 is 9.59 Å². The maximum absolute atomic E-state index is 12.4. The third-order valence-electron chi connectivity index (χ3n) is 4.52. The molecule has 0 saturated heterocycles. The van der Waals surface area contributed by atoms with E-state index in [1.807, 2.05) is 33.8 Å². The van der Waals surface area contributed by atoms with Crippen LogP contribution in [0.5, 0.6) is 0 Å². The van der Waals surface area contributed by atoms with Crippen molar-refractivity contribution in [2.45, 2.75) is 40.5 Å². The molecule has 1 aromatic heterocycles. The van der Waals surface area contributed by atoms with E-state index in [0.717, 1.165) is 5.01 Å². The van der Waals surface area contributed by atoms with Crippen LogP contribution >= 0.6 is 11.3 Å². The number of nitriles is 1. The monoisotopic (exact) mass is 345 g/mol. The summed E-state index contributed by atoms with van der Waals surface area (Å²) in [4.78, 5) is 30.5. The van der Waals surface area contributed by atoms with E-state index in [1.165, 1.54) is 11.3 Å². The molecule has 0 radical (unpaired) electrons. The number of thiazole rings is 1. The molecule has 1 aliphatic rings. The predicted molar refractivity (Wildman–Crippen MR) is 93.6 cm³/mol. The van der Waals surface area contributed by atoms with Crippen LogP contribution in [-0.2, 0) is 4.79 Å². The van der Waals surface area contributed by atoms with Crippen LogP contribution in [0.4, 0.5) is 0 Å². The quantitative estimate of drug-likeness (QED) is 0.838. The van der Waals surface area contributed by atoms with Gasteiger partial charge in [0.25, 0.3) is 5.91 Å². The third kappa shape index (κ3) is 3.73. The molecule has 1 atom stereocenters. The predicted octanol–water partition coefficient (Wildman–Crippen LogP) is 3.37. The van der Waals surface area contributed by atoms with Gasteiger partial charge in [0, 0.05) is 24.4 Å². The minimum Gasteiger partial charge on any atom is -0.340 e. The fourth-order valence-corrected chi connectivity index (χ4v) is 3.93. The zero-order chi connectivity index (χ0) is 18.1. The molecule has 1 heterocycles. The van der Waals surface area contributed by atoms with E-state index >= 15 is 0 Å². The molecule has 2 rings (SSSR count). The number of nitrogens with zero attached hydrogens (tertiary/aromatic N) is 3. The Labute approximate surface area is 147 Å². The van der Waals surface area contributed by atoms with Gasteiger partial charge in [0.2, 0.25) is 0 Å². The van der Waals surface area contributed by atoms with Gasteiger partial charge in [-0.1, -0.05) is 26.8 Å². The number of aryl methyl sites for hydroxylation is 1. The molecule has 0 spiro atoms. The Morgan fingerprint density at radius 2 is 2.12 bits per heavy atom. The van der Waals surface area contributed by atoms with E-state index in [0.29, 0.717) is 25.1 Å². The van der Waals surface area contributed by atoms with Crippen LogP contribution in [0.25, 0.3) is 0 Å². The normalized spacial score (nSPS) is 22.7. The molecule has 0 bridgehead atoms. The number of hydrogen-bond acceptors (Lipinski definition) is 5. The molecule has 6 heteroatoms. The Hall–Kier alpha value is -2.00. The van der Waals surface area contributed by atoms with E-state index in [1.54, 1.807) is 23.4 Å². The van der Waals surface area contributed by atoms with E-state index < -0.39 is 5.41 Å². The highest BCUT2D eigenvalue weighted by Gasteiger charge is 2.42. The van der Waals surface area contributed by atoms with Gasteiger partial charge in [0.15, 0.2) is 5.78 Å². The van der Waals surface area contributed by atoms with Crippen molar-refractivity contribution in [3.05, 3.63) is 27.7 Å².